The summed E-state index contributed by atoms with van der Waals surface area (Å²) in [5, 5.41) is 12.7. The molecule has 0 atom stereocenters. The van der Waals surface area contributed by atoms with Crippen molar-refractivity contribution in [2.75, 3.05) is 5.32 Å². The summed E-state index contributed by atoms with van der Waals surface area (Å²) in [4.78, 5) is 17.7. The minimum absolute atomic E-state index is 0.235. The number of amides is 1. The fourth-order valence-corrected chi connectivity index (χ4v) is 2.98. The van der Waals surface area contributed by atoms with Crippen LogP contribution in [0.3, 0.4) is 0 Å². The van der Waals surface area contributed by atoms with Gasteiger partial charge in [-0.2, -0.15) is 5.26 Å². The molecule has 3 aromatic carbocycles. The molecule has 0 unspecified atom stereocenters. The Hall–Kier alpha value is -3.97. The van der Waals surface area contributed by atoms with E-state index < -0.39 is 0 Å². The van der Waals surface area contributed by atoms with E-state index in [0.29, 0.717) is 16.8 Å². The highest BCUT2D eigenvalue weighted by Gasteiger charge is 2.14. The lowest BCUT2D eigenvalue weighted by Gasteiger charge is -2.11. The van der Waals surface area contributed by atoms with Crippen LogP contribution in [-0.4, -0.2) is 10.9 Å². The first kappa shape index (κ1) is 16.5. The van der Waals surface area contributed by atoms with Crippen LogP contribution in [0.4, 0.5) is 5.69 Å². The number of anilines is 1. The van der Waals surface area contributed by atoms with Gasteiger partial charge in [-0.25, -0.2) is 4.98 Å². The quantitative estimate of drug-likeness (QED) is 0.564. The van der Waals surface area contributed by atoms with Crippen molar-refractivity contribution < 1.29 is 4.79 Å². The molecule has 1 heterocycles. The molecule has 1 aromatic heterocycles. The van der Waals surface area contributed by atoms with E-state index >= 15 is 0 Å². The van der Waals surface area contributed by atoms with E-state index in [9.17, 15) is 4.79 Å². The molecular weight excluding hydrogens is 334 g/mol. The minimum atomic E-state index is -0.235. The van der Waals surface area contributed by atoms with Gasteiger partial charge < -0.3 is 5.32 Å². The number of para-hydroxylation sites is 1. The van der Waals surface area contributed by atoms with Gasteiger partial charge in [0.15, 0.2) is 0 Å². The molecule has 1 amide bonds. The second kappa shape index (κ2) is 7.11. The van der Waals surface area contributed by atoms with E-state index in [1.54, 1.807) is 30.3 Å². The highest BCUT2D eigenvalue weighted by molar-refractivity contribution is 6.13. The molecule has 0 spiro atoms. The van der Waals surface area contributed by atoms with E-state index in [1.165, 1.54) is 0 Å². The monoisotopic (exact) mass is 349 g/mol. The van der Waals surface area contributed by atoms with Crippen molar-refractivity contribution >= 4 is 22.5 Å². The third kappa shape index (κ3) is 3.39. The van der Waals surface area contributed by atoms with Gasteiger partial charge in [-0.1, -0.05) is 54.6 Å². The Balaban J connectivity index is 1.80. The Morgan fingerprint density at radius 2 is 1.67 bits per heavy atom. The molecule has 0 saturated heterocycles. The van der Waals surface area contributed by atoms with E-state index in [4.69, 9.17) is 10.2 Å². The van der Waals surface area contributed by atoms with Gasteiger partial charge in [-0.3, -0.25) is 4.79 Å². The van der Waals surface area contributed by atoms with Crippen LogP contribution in [0.2, 0.25) is 0 Å². The number of carbonyl (C=O) groups is 1. The molecule has 4 nitrogen and oxygen atoms in total. The average Bonchev–Trinajstić information content (AvgIpc) is 2.73. The van der Waals surface area contributed by atoms with Crippen molar-refractivity contribution in [2.24, 2.45) is 0 Å². The number of nitrogens with one attached hydrogen (secondary N) is 1. The summed E-state index contributed by atoms with van der Waals surface area (Å²) in [7, 11) is 0. The molecule has 27 heavy (non-hydrogen) atoms. The minimum Gasteiger partial charge on any atom is -0.322 e. The van der Waals surface area contributed by atoms with Crippen LogP contribution in [0.15, 0.2) is 84.9 Å². The molecule has 0 aliphatic rings. The summed E-state index contributed by atoms with van der Waals surface area (Å²) in [5.74, 6) is -0.235. The number of hydrogen-bond donors (Lipinski definition) is 1. The molecule has 128 valence electrons. The summed E-state index contributed by atoms with van der Waals surface area (Å²) in [5.41, 5.74) is 4.07. The first-order chi connectivity index (χ1) is 13.2. The Morgan fingerprint density at radius 3 is 2.48 bits per heavy atom. The van der Waals surface area contributed by atoms with Gasteiger partial charge in [-0.05, 0) is 30.3 Å². The van der Waals surface area contributed by atoms with Gasteiger partial charge in [0.2, 0.25) is 0 Å². The number of hydrogen-bond acceptors (Lipinski definition) is 3. The largest absolute Gasteiger partial charge is 0.322 e. The van der Waals surface area contributed by atoms with Gasteiger partial charge >= 0.3 is 0 Å². The van der Waals surface area contributed by atoms with Crippen LogP contribution in [0, 0.1) is 11.3 Å². The number of pyridine rings is 1. The van der Waals surface area contributed by atoms with Gasteiger partial charge in [0, 0.05) is 16.6 Å². The number of rotatable bonds is 3. The van der Waals surface area contributed by atoms with Gasteiger partial charge in [0.25, 0.3) is 5.91 Å². The second-order valence-corrected chi connectivity index (χ2v) is 6.08. The molecule has 1 N–H and O–H groups in total. The molecule has 4 heteroatoms. The molecule has 0 bridgehead atoms. The number of nitriles is 1. The first-order valence-corrected chi connectivity index (χ1v) is 8.51. The number of fused-ring (bicyclic) bond motifs is 1. The Kier molecular flexibility index (Phi) is 4.34. The Bertz CT molecular complexity index is 1180. The van der Waals surface area contributed by atoms with Crippen molar-refractivity contribution in [3.05, 3.63) is 96.1 Å². The number of benzene rings is 3. The third-order valence-electron chi connectivity index (χ3n) is 4.28. The van der Waals surface area contributed by atoms with Gasteiger partial charge in [0.1, 0.15) is 0 Å². The predicted molar refractivity (Wildman–Crippen MR) is 106 cm³/mol. The molecule has 0 aliphatic heterocycles. The van der Waals surface area contributed by atoms with Gasteiger partial charge in [0.05, 0.1) is 28.4 Å². The molecule has 0 radical (unpaired) electrons. The van der Waals surface area contributed by atoms with E-state index in [2.05, 4.69) is 11.4 Å². The third-order valence-corrected chi connectivity index (χ3v) is 4.28. The fourth-order valence-electron chi connectivity index (χ4n) is 2.98. The topological polar surface area (TPSA) is 65.8 Å². The Labute approximate surface area is 156 Å². The van der Waals surface area contributed by atoms with E-state index in [-0.39, 0.29) is 5.91 Å². The maximum absolute atomic E-state index is 13.0. The maximum Gasteiger partial charge on any atom is 0.256 e. The standard InChI is InChI=1S/C23H15N3O/c24-15-16-7-6-10-18(13-16)25-23(27)20-14-22(17-8-2-1-3-9-17)26-21-12-5-4-11-19(20)21/h1-14H,(H,25,27). The zero-order valence-corrected chi connectivity index (χ0v) is 14.4. The lowest BCUT2D eigenvalue weighted by atomic mass is 10.0. The zero-order chi connectivity index (χ0) is 18.6. The second-order valence-electron chi connectivity index (χ2n) is 6.08. The molecule has 0 saturated carbocycles. The van der Waals surface area contributed by atoms with Crippen molar-refractivity contribution in [3.63, 3.8) is 0 Å². The molecule has 0 aliphatic carbocycles. The van der Waals surface area contributed by atoms with Crippen LogP contribution in [-0.2, 0) is 0 Å². The number of aromatic nitrogens is 1. The van der Waals surface area contributed by atoms with Crippen LogP contribution in [0.25, 0.3) is 22.2 Å². The lowest BCUT2D eigenvalue weighted by molar-refractivity contribution is 0.102. The van der Waals surface area contributed by atoms with Crippen LogP contribution in [0.5, 0.6) is 0 Å². The lowest BCUT2D eigenvalue weighted by Crippen LogP contribution is -2.13. The zero-order valence-electron chi connectivity index (χ0n) is 14.4. The molecular formula is C23H15N3O. The number of carbonyl (C=O) groups excluding carboxylic acids is 1. The summed E-state index contributed by atoms with van der Waals surface area (Å²) in [6.45, 7) is 0. The maximum atomic E-state index is 13.0. The summed E-state index contributed by atoms with van der Waals surface area (Å²) in [6.07, 6.45) is 0. The highest BCUT2D eigenvalue weighted by Crippen LogP contribution is 2.25. The highest BCUT2D eigenvalue weighted by atomic mass is 16.1. The fraction of sp³-hybridized carbons (Fsp3) is 0. The Morgan fingerprint density at radius 1 is 0.889 bits per heavy atom. The van der Waals surface area contributed by atoms with Crippen molar-refractivity contribution in [1.29, 1.82) is 5.26 Å². The summed E-state index contributed by atoms with van der Waals surface area (Å²) in [6, 6.07) is 28.1. The van der Waals surface area contributed by atoms with Crippen molar-refractivity contribution in [2.45, 2.75) is 0 Å². The summed E-state index contributed by atoms with van der Waals surface area (Å²) >= 11 is 0. The van der Waals surface area contributed by atoms with E-state index in [0.717, 1.165) is 22.2 Å². The molecule has 0 fully saturated rings. The normalized spacial score (nSPS) is 10.3. The number of nitrogens with zero attached hydrogens (tertiary/aromatic N) is 2. The molecule has 4 rings (SSSR count). The van der Waals surface area contributed by atoms with Crippen molar-refractivity contribution in [3.8, 4) is 17.3 Å². The predicted octanol–water partition coefficient (Wildman–Crippen LogP) is 5.03. The van der Waals surface area contributed by atoms with Crippen LogP contribution in [0.1, 0.15) is 15.9 Å². The molecule has 4 aromatic rings. The van der Waals surface area contributed by atoms with Gasteiger partial charge in [-0.15, -0.1) is 0 Å². The first-order valence-electron chi connectivity index (χ1n) is 8.51. The summed E-state index contributed by atoms with van der Waals surface area (Å²) < 4.78 is 0. The van der Waals surface area contributed by atoms with Crippen LogP contribution < -0.4 is 5.32 Å². The van der Waals surface area contributed by atoms with Crippen molar-refractivity contribution in [1.82, 2.24) is 4.98 Å². The van der Waals surface area contributed by atoms with E-state index in [1.807, 2.05) is 54.6 Å². The SMILES string of the molecule is N#Cc1cccc(NC(=O)c2cc(-c3ccccc3)nc3ccccc23)c1. The van der Waals surface area contributed by atoms with Crippen LogP contribution >= 0.6 is 0 Å². The average molecular weight is 349 g/mol. The smallest absolute Gasteiger partial charge is 0.256 e.